The summed E-state index contributed by atoms with van der Waals surface area (Å²) < 4.78 is 4.94. The van der Waals surface area contributed by atoms with E-state index in [0.29, 0.717) is 26.2 Å². The third-order valence-electron chi connectivity index (χ3n) is 3.95. The maximum Gasteiger partial charge on any atom is 0.234 e. The fraction of sp³-hybridized carbons (Fsp3) is 0.923. The van der Waals surface area contributed by atoms with E-state index >= 15 is 0 Å². The highest BCUT2D eigenvalue weighted by Gasteiger charge is 2.36. The predicted molar refractivity (Wildman–Crippen MR) is 72.4 cm³/mol. The van der Waals surface area contributed by atoms with Crippen molar-refractivity contribution in [2.24, 2.45) is 5.73 Å². The molecule has 0 radical (unpaired) electrons. The van der Waals surface area contributed by atoms with Crippen LogP contribution in [-0.4, -0.2) is 56.7 Å². The predicted octanol–water partition coefficient (Wildman–Crippen LogP) is 0.342. The van der Waals surface area contributed by atoms with Gasteiger partial charge < -0.3 is 15.8 Å². The molecule has 1 aliphatic rings. The van der Waals surface area contributed by atoms with Gasteiger partial charge in [-0.25, -0.2) is 0 Å². The maximum atomic E-state index is 11.8. The average molecular weight is 257 g/mol. The highest BCUT2D eigenvalue weighted by Crippen LogP contribution is 2.33. The summed E-state index contributed by atoms with van der Waals surface area (Å²) in [5.74, 6) is 0.0772. The number of carbonyl (C=O) groups excluding carboxylic acids is 1. The Morgan fingerprint density at radius 2 is 2.11 bits per heavy atom. The van der Waals surface area contributed by atoms with Crippen molar-refractivity contribution < 1.29 is 9.53 Å². The molecule has 5 nitrogen and oxygen atoms in total. The topological polar surface area (TPSA) is 67.6 Å². The first kappa shape index (κ1) is 15.4. The fourth-order valence-electron chi connectivity index (χ4n) is 2.66. The van der Waals surface area contributed by atoms with Crippen molar-refractivity contribution in [3.05, 3.63) is 0 Å². The minimum atomic E-state index is 0.0455. The molecule has 3 N–H and O–H groups in total. The van der Waals surface area contributed by atoms with Gasteiger partial charge in [-0.15, -0.1) is 0 Å². The molecular formula is C13H27N3O2. The Morgan fingerprint density at radius 1 is 1.44 bits per heavy atom. The molecule has 0 atom stereocenters. The van der Waals surface area contributed by atoms with Crippen LogP contribution in [0.3, 0.4) is 0 Å². The zero-order chi connectivity index (χ0) is 13.4. The number of amides is 1. The number of ether oxygens (including phenoxy) is 1. The Kier molecular flexibility index (Phi) is 6.60. The number of methoxy groups -OCH3 is 1. The molecule has 1 fully saturated rings. The van der Waals surface area contributed by atoms with Crippen molar-refractivity contribution in [1.82, 2.24) is 10.2 Å². The third kappa shape index (κ3) is 4.23. The van der Waals surface area contributed by atoms with Gasteiger partial charge in [-0.1, -0.05) is 12.8 Å². The van der Waals surface area contributed by atoms with Gasteiger partial charge in [0, 0.05) is 32.3 Å². The van der Waals surface area contributed by atoms with Crippen LogP contribution < -0.4 is 11.1 Å². The lowest BCUT2D eigenvalue weighted by molar-refractivity contribution is -0.123. The van der Waals surface area contributed by atoms with E-state index in [1.54, 1.807) is 7.11 Å². The Labute approximate surface area is 110 Å². The molecule has 0 heterocycles. The maximum absolute atomic E-state index is 11.8. The molecule has 0 saturated heterocycles. The molecule has 1 aliphatic carbocycles. The zero-order valence-corrected chi connectivity index (χ0v) is 11.7. The second-order valence-electron chi connectivity index (χ2n) is 5.19. The molecule has 0 bridgehead atoms. The number of likely N-dealkylation sites (N-methyl/N-ethyl adjacent to an activating group) is 1. The summed E-state index contributed by atoms with van der Waals surface area (Å²) in [6, 6.07) is 0. The summed E-state index contributed by atoms with van der Waals surface area (Å²) in [5, 5.41) is 2.91. The molecule has 0 aromatic heterocycles. The molecule has 106 valence electrons. The summed E-state index contributed by atoms with van der Waals surface area (Å²) >= 11 is 0. The van der Waals surface area contributed by atoms with Crippen LogP contribution in [0.5, 0.6) is 0 Å². The molecule has 0 spiro atoms. The minimum absolute atomic E-state index is 0.0455. The van der Waals surface area contributed by atoms with Crippen LogP contribution in [0.25, 0.3) is 0 Å². The van der Waals surface area contributed by atoms with E-state index in [0.717, 1.165) is 19.3 Å². The van der Waals surface area contributed by atoms with Crippen molar-refractivity contribution >= 4 is 5.91 Å². The Bertz CT molecular complexity index is 253. The highest BCUT2D eigenvalue weighted by atomic mass is 16.5. The van der Waals surface area contributed by atoms with Gasteiger partial charge in [-0.3, -0.25) is 9.69 Å². The lowest BCUT2D eigenvalue weighted by atomic mass is 9.96. The summed E-state index contributed by atoms with van der Waals surface area (Å²) in [7, 11) is 3.67. The van der Waals surface area contributed by atoms with Crippen molar-refractivity contribution in [3.63, 3.8) is 0 Å². The highest BCUT2D eigenvalue weighted by molar-refractivity contribution is 5.78. The number of rotatable bonds is 8. The van der Waals surface area contributed by atoms with Crippen molar-refractivity contribution in [2.75, 3.05) is 40.4 Å². The van der Waals surface area contributed by atoms with E-state index in [9.17, 15) is 4.79 Å². The molecule has 0 unspecified atom stereocenters. The molecular weight excluding hydrogens is 230 g/mol. The van der Waals surface area contributed by atoms with Crippen LogP contribution in [0.2, 0.25) is 0 Å². The smallest absolute Gasteiger partial charge is 0.234 e. The van der Waals surface area contributed by atoms with E-state index < -0.39 is 0 Å². The number of hydrogen-bond donors (Lipinski definition) is 2. The van der Waals surface area contributed by atoms with Gasteiger partial charge in [-0.2, -0.15) is 0 Å². The number of nitrogens with zero attached hydrogens (tertiary/aromatic N) is 1. The lowest BCUT2D eigenvalue weighted by Gasteiger charge is -2.37. The summed E-state index contributed by atoms with van der Waals surface area (Å²) in [4.78, 5) is 13.9. The number of carbonyl (C=O) groups is 1. The summed E-state index contributed by atoms with van der Waals surface area (Å²) in [6.07, 6.45) is 5.51. The van der Waals surface area contributed by atoms with Crippen LogP contribution >= 0.6 is 0 Å². The Hall–Kier alpha value is -0.650. The Balaban J connectivity index is 2.29. The Morgan fingerprint density at radius 3 is 2.67 bits per heavy atom. The molecule has 1 amide bonds. The van der Waals surface area contributed by atoms with E-state index in [1.165, 1.54) is 12.8 Å². The standard InChI is InChI=1S/C13H27N3O2/c1-16(13(11-14)6-3-4-7-13)10-12(17)15-8-5-9-18-2/h3-11,14H2,1-2H3,(H,15,17). The van der Waals surface area contributed by atoms with Crippen molar-refractivity contribution in [2.45, 2.75) is 37.6 Å². The van der Waals surface area contributed by atoms with Crippen LogP contribution in [0.1, 0.15) is 32.1 Å². The van der Waals surface area contributed by atoms with E-state index in [4.69, 9.17) is 10.5 Å². The van der Waals surface area contributed by atoms with E-state index in [1.807, 2.05) is 7.05 Å². The molecule has 1 saturated carbocycles. The van der Waals surface area contributed by atoms with Crippen molar-refractivity contribution in [3.8, 4) is 0 Å². The second-order valence-corrected chi connectivity index (χ2v) is 5.19. The normalized spacial score (nSPS) is 18.2. The van der Waals surface area contributed by atoms with Gasteiger partial charge in [0.2, 0.25) is 5.91 Å². The van der Waals surface area contributed by atoms with Gasteiger partial charge in [0.1, 0.15) is 0 Å². The van der Waals surface area contributed by atoms with Crippen LogP contribution in [0.4, 0.5) is 0 Å². The number of hydrogen-bond acceptors (Lipinski definition) is 4. The monoisotopic (exact) mass is 257 g/mol. The molecule has 18 heavy (non-hydrogen) atoms. The molecule has 5 heteroatoms. The SMILES string of the molecule is COCCCNC(=O)CN(C)C1(CN)CCCC1. The fourth-order valence-corrected chi connectivity index (χ4v) is 2.66. The van der Waals surface area contributed by atoms with Crippen LogP contribution in [0, 0.1) is 0 Å². The zero-order valence-electron chi connectivity index (χ0n) is 11.7. The first-order valence-electron chi connectivity index (χ1n) is 6.81. The quantitative estimate of drug-likeness (QED) is 0.615. The molecule has 0 aliphatic heterocycles. The lowest BCUT2D eigenvalue weighted by Crippen LogP contribution is -2.53. The van der Waals surface area contributed by atoms with Gasteiger partial charge in [0.25, 0.3) is 0 Å². The van der Waals surface area contributed by atoms with Crippen molar-refractivity contribution in [1.29, 1.82) is 0 Å². The first-order valence-corrected chi connectivity index (χ1v) is 6.81. The van der Waals surface area contributed by atoms with Gasteiger partial charge >= 0.3 is 0 Å². The average Bonchev–Trinajstić information content (AvgIpc) is 2.84. The largest absolute Gasteiger partial charge is 0.385 e. The van der Waals surface area contributed by atoms with E-state index in [2.05, 4.69) is 10.2 Å². The number of nitrogens with two attached hydrogens (primary N) is 1. The van der Waals surface area contributed by atoms with Gasteiger partial charge in [0.05, 0.1) is 6.54 Å². The number of nitrogens with one attached hydrogen (secondary N) is 1. The second kappa shape index (κ2) is 7.71. The van der Waals surface area contributed by atoms with Crippen LogP contribution in [0.15, 0.2) is 0 Å². The van der Waals surface area contributed by atoms with Crippen LogP contribution in [-0.2, 0) is 9.53 Å². The minimum Gasteiger partial charge on any atom is -0.385 e. The van der Waals surface area contributed by atoms with E-state index in [-0.39, 0.29) is 11.4 Å². The molecule has 0 aromatic carbocycles. The molecule has 1 rings (SSSR count). The molecule has 0 aromatic rings. The van der Waals surface area contributed by atoms with Gasteiger partial charge in [-0.05, 0) is 26.3 Å². The summed E-state index contributed by atoms with van der Waals surface area (Å²) in [6.45, 7) is 2.43. The first-order chi connectivity index (χ1) is 8.64. The third-order valence-corrected chi connectivity index (χ3v) is 3.95. The van der Waals surface area contributed by atoms with Gasteiger partial charge in [0.15, 0.2) is 0 Å². The summed E-state index contributed by atoms with van der Waals surface area (Å²) in [5.41, 5.74) is 5.94.